The van der Waals surface area contributed by atoms with Gasteiger partial charge in [-0.3, -0.25) is 0 Å². The van der Waals surface area contributed by atoms with Crippen molar-refractivity contribution >= 4 is 6.09 Å². The maximum absolute atomic E-state index is 13.7. The zero-order valence-electron chi connectivity index (χ0n) is 12.8. The molecule has 0 saturated heterocycles. The molecule has 1 aromatic rings. The lowest BCUT2D eigenvalue weighted by atomic mass is 9.72. The Morgan fingerprint density at radius 2 is 1.33 bits per heavy atom. The van der Waals surface area contributed by atoms with Gasteiger partial charge < -0.3 is 10.1 Å². The number of benzene rings is 1. The van der Waals surface area contributed by atoms with Gasteiger partial charge in [0.25, 0.3) is 5.41 Å². The molecule has 27 heavy (non-hydrogen) atoms. The van der Waals surface area contributed by atoms with Crippen LogP contribution in [0.4, 0.5) is 53.1 Å². The van der Waals surface area contributed by atoms with Crippen LogP contribution in [0.5, 0.6) is 5.75 Å². The third-order valence-electron chi connectivity index (χ3n) is 3.36. The van der Waals surface area contributed by atoms with E-state index in [-0.39, 0.29) is 12.1 Å². The predicted molar refractivity (Wildman–Crippen MR) is 66.3 cm³/mol. The molecule has 154 valence electrons. The fourth-order valence-electron chi connectivity index (χ4n) is 2.19. The van der Waals surface area contributed by atoms with Crippen LogP contribution in [-0.2, 0) is 5.41 Å². The Morgan fingerprint density at radius 3 is 1.70 bits per heavy atom. The molecule has 0 aliphatic carbocycles. The summed E-state index contributed by atoms with van der Waals surface area (Å²) in [5.41, 5.74) is -9.15. The molecule has 1 rings (SSSR count). The third kappa shape index (κ3) is 3.60. The van der Waals surface area contributed by atoms with Gasteiger partial charge in [0.05, 0.1) is 0 Å². The maximum Gasteiger partial charge on any atom is 0.455 e. The van der Waals surface area contributed by atoms with Crippen molar-refractivity contribution in [1.82, 2.24) is 5.32 Å². The van der Waals surface area contributed by atoms with E-state index < -0.39 is 47.3 Å². The highest BCUT2D eigenvalue weighted by molar-refractivity contribution is 5.70. The number of alkyl halides is 11. The predicted octanol–water partition coefficient (Wildman–Crippen LogP) is 4.96. The topological polar surface area (TPSA) is 38.3 Å². The van der Waals surface area contributed by atoms with Gasteiger partial charge in [0.1, 0.15) is 5.75 Å². The first kappa shape index (κ1) is 22.8. The molecule has 3 nitrogen and oxygen atoms in total. The van der Waals surface area contributed by atoms with Crippen LogP contribution >= 0.6 is 0 Å². The first-order chi connectivity index (χ1) is 11.9. The van der Waals surface area contributed by atoms with Crippen LogP contribution in [0, 0.1) is 0 Å². The summed E-state index contributed by atoms with van der Waals surface area (Å²) < 4.78 is 149. The minimum atomic E-state index is -7.30. The first-order valence-electron chi connectivity index (χ1n) is 6.51. The molecule has 14 heteroatoms. The molecule has 0 aliphatic rings. The minimum Gasteiger partial charge on any atom is -0.410 e. The van der Waals surface area contributed by atoms with Crippen molar-refractivity contribution in [3.8, 4) is 5.75 Å². The highest BCUT2D eigenvalue weighted by Gasteiger charge is 2.89. The SMILES string of the molecule is CNC(=O)Oc1cccc(C(C(F)(F)F)(C(F)(F)F)C(F)(F)C(F)(F)F)c1. The Morgan fingerprint density at radius 1 is 0.852 bits per heavy atom. The number of ether oxygens (including phenoxy) is 1. The van der Waals surface area contributed by atoms with E-state index in [2.05, 4.69) is 4.74 Å². The van der Waals surface area contributed by atoms with Gasteiger partial charge in [0.2, 0.25) is 0 Å². The molecule has 0 bridgehead atoms. The lowest BCUT2D eigenvalue weighted by molar-refractivity contribution is -0.414. The van der Waals surface area contributed by atoms with Crippen molar-refractivity contribution in [2.75, 3.05) is 7.05 Å². The number of amides is 1. The van der Waals surface area contributed by atoms with Crippen LogP contribution in [0.15, 0.2) is 24.3 Å². The molecule has 0 spiro atoms. The summed E-state index contributed by atoms with van der Waals surface area (Å²) in [5, 5.41) is 1.75. The van der Waals surface area contributed by atoms with Crippen molar-refractivity contribution < 1.29 is 57.8 Å². The van der Waals surface area contributed by atoms with E-state index in [0.29, 0.717) is 12.1 Å². The fourth-order valence-corrected chi connectivity index (χ4v) is 2.19. The molecule has 0 aliphatic heterocycles. The molecule has 0 unspecified atom stereocenters. The molecule has 0 heterocycles. The minimum absolute atomic E-state index is 0.225. The fraction of sp³-hybridized carbons (Fsp3) is 0.462. The van der Waals surface area contributed by atoms with Gasteiger partial charge in [0, 0.05) is 7.05 Å². The van der Waals surface area contributed by atoms with Crippen LogP contribution in [0.2, 0.25) is 0 Å². The third-order valence-corrected chi connectivity index (χ3v) is 3.36. The Bertz CT molecular complexity index is 677. The maximum atomic E-state index is 13.7. The summed E-state index contributed by atoms with van der Waals surface area (Å²) in [6, 6.07) is 0.293. The van der Waals surface area contributed by atoms with Gasteiger partial charge >= 0.3 is 30.5 Å². The van der Waals surface area contributed by atoms with E-state index in [1.807, 2.05) is 0 Å². The van der Waals surface area contributed by atoms with Gasteiger partial charge in [-0.25, -0.2) is 4.79 Å². The molecule has 0 saturated carbocycles. The van der Waals surface area contributed by atoms with E-state index in [1.165, 1.54) is 0 Å². The molecule has 1 N–H and O–H groups in total. The van der Waals surface area contributed by atoms with Crippen LogP contribution < -0.4 is 10.1 Å². The number of nitrogens with one attached hydrogen (secondary N) is 1. The van der Waals surface area contributed by atoms with Crippen LogP contribution in [0.1, 0.15) is 5.56 Å². The number of carbonyl (C=O) groups is 1. The largest absolute Gasteiger partial charge is 0.455 e. The normalized spacial score (nSPS) is 14.1. The lowest BCUT2D eigenvalue weighted by Crippen LogP contribution is -2.69. The Kier molecular flexibility index (Phi) is 5.66. The summed E-state index contributed by atoms with van der Waals surface area (Å²) in [4.78, 5) is 11.0. The second kappa shape index (κ2) is 6.71. The first-order valence-corrected chi connectivity index (χ1v) is 6.51. The second-order valence-corrected chi connectivity index (χ2v) is 4.99. The molecule has 1 amide bonds. The number of hydrogen-bond acceptors (Lipinski definition) is 2. The summed E-state index contributed by atoms with van der Waals surface area (Å²) >= 11 is 0. The monoisotopic (exact) mass is 419 g/mol. The molecule has 0 atom stereocenters. The zero-order valence-corrected chi connectivity index (χ0v) is 12.8. The Hall–Kier alpha value is -2.28. The van der Waals surface area contributed by atoms with Gasteiger partial charge in [-0.05, 0) is 17.7 Å². The zero-order chi connectivity index (χ0) is 21.5. The van der Waals surface area contributed by atoms with Gasteiger partial charge in [-0.1, -0.05) is 12.1 Å². The number of rotatable bonds is 3. The van der Waals surface area contributed by atoms with Crippen LogP contribution in [0.25, 0.3) is 0 Å². The van der Waals surface area contributed by atoms with Crippen LogP contribution in [-0.4, -0.2) is 37.6 Å². The summed E-state index contributed by atoms with van der Waals surface area (Å²) in [7, 11) is 0.944. The van der Waals surface area contributed by atoms with Gasteiger partial charge in [-0.15, -0.1) is 0 Å². The average Bonchev–Trinajstić information content (AvgIpc) is 2.43. The number of halogens is 11. The van der Waals surface area contributed by atoms with Crippen LogP contribution in [0.3, 0.4) is 0 Å². The van der Waals surface area contributed by atoms with Crippen molar-refractivity contribution in [2.24, 2.45) is 0 Å². The van der Waals surface area contributed by atoms with Crippen molar-refractivity contribution in [3.63, 3.8) is 0 Å². The second-order valence-electron chi connectivity index (χ2n) is 4.99. The van der Waals surface area contributed by atoms with Crippen molar-refractivity contribution in [3.05, 3.63) is 29.8 Å². The quantitative estimate of drug-likeness (QED) is 0.704. The molecular formula is C13H8F11NO2. The highest BCUT2D eigenvalue weighted by atomic mass is 19.4. The Labute approximate surface area is 143 Å². The standard InChI is InChI=1S/C13H8F11NO2/c1-25-8(26)27-7-4-2-3-6(5-7)9(11(16,17)18,12(19,20)21)10(14,15)13(22,23)24/h2-5H,1H3,(H,25,26). The molecule has 0 radical (unpaired) electrons. The van der Waals surface area contributed by atoms with E-state index in [0.717, 1.165) is 7.05 Å². The van der Waals surface area contributed by atoms with Crippen molar-refractivity contribution in [1.29, 1.82) is 0 Å². The molecule has 0 fully saturated rings. The molecule has 1 aromatic carbocycles. The summed E-state index contributed by atoms with van der Waals surface area (Å²) in [6.07, 6.45) is -22.9. The Balaban J connectivity index is 3.91. The summed E-state index contributed by atoms with van der Waals surface area (Å²) in [6.45, 7) is 0. The summed E-state index contributed by atoms with van der Waals surface area (Å²) in [5.74, 6) is -8.43. The van der Waals surface area contributed by atoms with E-state index in [1.54, 1.807) is 5.32 Å². The molecule has 0 aromatic heterocycles. The number of hydrogen-bond donors (Lipinski definition) is 1. The smallest absolute Gasteiger partial charge is 0.410 e. The van der Waals surface area contributed by atoms with E-state index in [9.17, 15) is 53.1 Å². The van der Waals surface area contributed by atoms with E-state index >= 15 is 0 Å². The lowest BCUT2D eigenvalue weighted by Gasteiger charge is -2.43. The average molecular weight is 419 g/mol. The van der Waals surface area contributed by atoms with E-state index in [4.69, 9.17) is 0 Å². The van der Waals surface area contributed by atoms with Gasteiger partial charge in [0.15, 0.2) is 0 Å². The molecular weight excluding hydrogens is 411 g/mol. The van der Waals surface area contributed by atoms with Gasteiger partial charge in [-0.2, -0.15) is 48.3 Å². The number of carbonyl (C=O) groups excluding carboxylic acids is 1. The highest BCUT2D eigenvalue weighted by Crippen LogP contribution is 2.64. The van der Waals surface area contributed by atoms with Crippen molar-refractivity contribution in [2.45, 2.75) is 29.9 Å².